The average molecular weight is 272 g/mol. The van der Waals surface area contributed by atoms with Crippen molar-refractivity contribution < 1.29 is 4.85 Å². The number of benzene rings is 2. The van der Waals surface area contributed by atoms with E-state index in [-0.39, 0.29) is 0 Å². The van der Waals surface area contributed by atoms with Crippen LogP contribution in [-0.2, 0) is 0 Å². The maximum absolute atomic E-state index is 12.2. The third kappa shape index (κ3) is 2.18. The summed E-state index contributed by atoms with van der Waals surface area (Å²) in [5.74, 6) is 0. The van der Waals surface area contributed by atoms with Gasteiger partial charge in [0, 0.05) is 15.7 Å². The molecule has 0 radical (unpaired) electrons. The van der Waals surface area contributed by atoms with E-state index in [9.17, 15) is 5.21 Å². The van der Waals surface area contributed by atoms with Crippen LogP contribution in [0.15, 0.2) is 60.8 Å². The molecular weight excluding hydrogens is 262 g/mol. The van der Waals surface area contributed by atoms with Crippen LogP contribution in [0.25, 0.3) is 16.9 Å². The van der Waals surface area contributed by atoms with Crippen LogP contribution in [0, 0.1) is 5.21 Å². The lowest BCUT2D eigenvalue weighted by atomic mass is 10.2. The van der Waals surface area contributed by atoms with Gasteiger partial charge in [-0.05, 0) is 29.1 Å². The summed E-state index contributed by atoms with van der Waals surface area (Å²) in [7, 11) is 0. The molecule has 0 fully saturated rings. The fourth-order valence-corrected chi connectivity index (χ4v) is 1.97. The molecule has 0 saturated heterocycles. The van der Waals surface area contributed by atoms with Crippen LogP contribution >= 0.6 is 11.6 Å². The summed E-state index contributed by atoms with van der Waals surface area (Å²) in [6, 6.07) is 16.4. The molecule has 0 atom stereocenters. The van der Waals surface area contributed by atoms with Crippen molar-refractivity contribution in [3.8, 4) is 16.9 Å². The molecular formula is C14H10ClN3O. The van der Waals surface area contributed by atoms with Gasteiger partial charge >= 0.3 is 0 Å². The Hall–Kier alpha value is -2.33. The summed E-state index contributed by atoms with van der Waals surface area (Å²) in [6.07, 6.45) is 1.55. The van der Waals surface area contributed by atoms with Gasteiger partial charge in [-0.2, -0.15) is 0 Å². The quantitative estimate of drug-likeness (QED) is 0.531. The lowest BCUT2D eigenvalue weighted by Crippen LogP contribution is -2.38. The SMILES string of the molecule is [O-][n+]1c(-c2ccccc2)cnn1-c1ccc(Cl)cc1. The van der Waals surface area contributed by atoms with Crippen LogP contribution in [0.2, 0.25) is 5.02 Å². The molecule has 0 amide bonds. The van der Waals surface area contributed by atoms with Gasteiger partial charge < -0.3 is 5.21 Å². The van der Waals surface area contributed by atoms with Crippen LogP contribution in [0.5, 0.6) is 0 Å². The van der Waals surface area contributed by atoms with Gasteiger partial charge in [0.2, 0.25) is 11.9 Å². The Morgan fingerprint density at radius 3 is 2.37 bits per heavy atom. The second kappa shape index (κ2) is 4.74. The number of hydrogen-bond donors (Lipinski definition) is 0. The van der Waals surface area contributed by atoms with E-state index < -0.39 is 0 Å². The highest BCUT2D eigenvalue weighted by Gasteiger charge is 2.15. The van der Waals surface area contributed by atoms with Crippen molar-refractivity contribution in [1.29, 1.82) is 0 Å². The van der Waals surface area contributed by atoms with Crippen LogP contribution in [0.3, 0.4) is 0 Å². The molecule has 0 aliphatic carbocycles. The van der Waals surface area contributed by atoms with Crippen LogP contribution < -0.4 is 4.85 Å². The zero-order chi connectivity index (χ0) is 13.2. The van der Waals surface area contributed by atoms with E-state index in [0.717, 1.165) is 10.4 Å². The standard InChI is InChI=1S/C14H10ClN3O/c15-12-6-8-13(9-7-12)17-16-10-14(18(17)19)11-4-2-1-3-5-11/h1-10H. The molecule has 0 saturated carbocycles. The molecule has 0 bridgehead atoms. The highest BCUT2D eigenvalue weighted by Crippen LogP contribution is 2.16. The topological polar surface area (TPSA) is 44.8 Å². The van der Waals surface area contributed by atoms with E-state index in [2.05, 4.69) is 5.10 Å². The maximum atomic E-state index is 12.2. The van der Waals surface area contributed by atoms with E-state index in [1.807, 2.05) is 30.3 Å². The molecule has 0 aliphatic rings. The maximum Gasteiger partial charge on any atom is 0.215 e. The Balaban J connectivity index is 2.06. The van der Waals surface area contributed by atoms with Gasteiger partial charge in [0.1, 0.15) is 5.69 Å². The second-order valence-electron chi connectivity index (χ2n) is 4.03. The van der Waals surface area contributed by atoms with Gasteiger partial charge in [0.15, 0.2) is 0 Å². The van der Waals surface area contributed by atoms with E-state index in [1.165, 1.54) is 4.80 Å². The first kappa shape index (κ1) is 11.7. The first-order valence-corrected chi connectivity index (χ1v) is 6.13. The monoisotopic (exact) mass is 271 g/mol. The summed E-state index contributed by atoms with van der Waals surface area (Å²) in [5.41, 5.74) is 2.01. The summed E-state index contributed by atoms with van der Waals surface area (Å²) < 4.78 is 0. The molecule has 0 spiro atoms. The van der Waals surface area contributed by atoms with Gasteiger partial charge in [0.25, 0.3) is 0 Å². The van der Waals surface area contributed by atoms with Crippen molar-refractivity contribution >= 4 is 11.6 Å². The largest absolute Gasteiger partial charge is 0.692 e. The highest BCUT2D eigenvalue weighted by atomic mass is 35.5. The fourth-order valence-electron chi connectivity index (χ4n) is 1.85. The average Bonchev–Trinajstić information content (AvgIpc) is 2.83. The van der Waals surface area contributed by atoms with Gasteiger partial charge in [-0.15, -0.1) is 4.85 Å². The van der Waals surface area contributed by atoms with Crippen molar-refractivity contribution in [1.82, 2.24) is 9.90 Å². The zero-order valence-corrected chi connectivity index (χ0v) is 10.7. The molecule has 4 nitrogen and oxygen atoms in total. The zero-order valence-electron chi connectivity index (χ0n) is 9.90. The molecule has 0 N–H and O–H groups in total. The van der Waals surface area contributed by atoms with Crippen LogP contribution in [0.4, 0.5) is 0 Å². The van der Waals surface area contributed by atoms with Crippen molar-refractivity contribution in [2.45, 2.75) is 0 Å². The molecule has 1 heterocycles. The molecule has 2 aromatic carbocycles. The van der Waals surface area contributed by atoms with Gasteiger partial charge in [-0.25, -0.2) is 0 Å². The van der Waals surface area contributed by atoms with E-state index in [4.69, 9.17) is 11.6 Å². The van der Waals surface area contributed by atoms with Crippen molar-refractivity contribution in [2.75, 3.05) is 0 Å². The number of aromatic nitrogens is 3. The number of rotatable bonds is 2. The summed E-state index contributed by atoms with van der Waals surface area (Å²) in [6.45, 7) is 0. The summed E-state index contributed by atoms with van der Waals surface area (Å²) >= 11 is 5.83. The first-order valence-electron chi connectivity index (χ1n) is 5.75. The molecule has 3 rings (SSSR count). The minimum absolute atomic E-state index is 0.510. The Kier molecular flexibility index (Phi) is 2.93. The molecule has 0 aliphatic heterocycles. The Bertz CT molecular complexity index is 692. The molecule has 1 aromatic heterocycles. The minimum Gasteiger partial charge on any atom is -0.692 e. The summed E-state index contributed by atoms with van der Waals surface area (Å²) in [4.78, 5) is 2.05. The Morgan fingerprint density at radius 2 is 1.68 bits per heavy atom. The number of nitrogens with zero attached hydrogens (tertiary/aromatic N) is 3. The third-order valence-corrected chi connectivity index (χ3v) is 3.05. The second-order valence-corrected chi connectivity index (χ2v) is 4.47. The van der Waals surface area contributed by atoms with Gasteiger partial charge in [-0.3, -0.25) is 0 Å². The molecule has 19 heavy (non-hydrogen) atoms. The smallest absolute Gasteiger partial charge is 0.215 e. The normalized spacial score (nSPS) is 10.6. The minimum atomic E-state index is 0.510. The predicted molar refractivity (Wildman–Crippen MR) is 73.0 cm³/mol. The number of halogens is 1. The lowest BCUT2D eigenvalue weighted by molar-refractivity contribution is -0.678. The molecule has 5 heteroatoms. The van der Waals surface area contributed by atoms with Crippen molar-refractivity contribution in [2.24, 2.45) is 0 Å². The predicted octanol–water partition coefficient (Wildman–Crippen LogP) is 2.83. The molecule has 3 aromatic rings. The Labute approximate surface area is 115 Å². The van der Waals surface area contributed by atoms with Gasteiger partial charge in [-0.1, -0.05) is 41.9 Å². The molecule has 94 valence electrons. The van der Waals surface area contributed by atoms with E-state index >= 15 is 0 Å². The molecule has 0 unspecified atom stereocenters. The van der Waals surface area contributed by atoms with Crippen LogP contribution in [0.1, 0.15) is 0 Å². The third-order valence-electron chi connectivity index (χ3n) is 2.79. The Morgan fingerprint density at radius 1 is 1.00 bits per heavy atom. The van der Waals surface area contributed by atoms with E-state index in [1.54, 1.807) is 30.5 Å². The number of hydrogen-bond acceptors (Lipinski definition) is 2. The van der Waals surface area contributed by atoms with Crippen molar-refractivity contribution in [3.05, 3.63) is 71.0 Å². The van der Waals surface area contributed by atoms with E-state index in [0.29, 0.717) is 16.4 Å². The van der Waals surface area contributed by atoms with Crippen LogP contribution in [-0.4, -0.2) is 9.90 Å². The van der Waals surface area contributed by atoms with Crippen molar-refractivity contribution in [3.63, 3.8) is 0 Å². The lowest BCUT2D eigenvalue weighted by Gasteiger charge is -2.06. The highest BCUT2D eigenvalue weighted by molar-refractivity contribution is 6.30. The first-order chi connectivity index (χ1) is 9.25. The van der Waals surface area contributed by atoms with Gasteiger partial charge in [0.05, 0.1) is 0 Å². The fraction of sp³-hybridized carbons (Fsp3) is 0. The summed E-state index contributed by atoms with van der Waals surface area (Å²) in [5, 5.41) is 17.0.